The molecule has 8 nitrogen and oxygen atoms in total. The Morgan fingerprint density at radius 1 is 0.588 bits per heavy atom. The first-order valence-electron chi connectivity index (χ1n) is 16.5. The number of rotatable bonds is 4. The number of nitrogens with zero attached hydrogens (tertiary/aromatic N) is 1. The quantitative estimate of drug-likeness (QED) is 0.144. The molecule has 4 aromatic carbocycles. The summed E-state index contributed by atoms with van der Waals surface area (Å²) in [6, 6.07) is 32.9. The number of nitrogens with one attached hydrogen (secondary N) is 1. The highest BCUT2D eigenvalue weighted by molar-refractivity contribution is 6.67. The average molecular weight is 707 g/mol. The van der Waals surface area contributed by atoms with E-state index in [9.17, 15) is 19.2 Å². The van der Waals surface area contributed by atoms with Gasteiger partial charge in [-0.3, -0.25) is 14.2 Å². The van der Waals surface area contributed by atoms with E-state index in [2.05, 4.69) is 4.98 Å². The molecule has 2 aromatic heterocycles. The third-order valence-corrected chi connectivity index (χ3v) is 7.65. The van der Waals surface area contributed by atoms with Crippen molar-refractivity contribution in [2.45, 2.75) is 66.6 Å². The molecule has 0 saturated carbocycles. The monoisotopic (exact) mass is 706 g/mol. The molecule has 0 saturated heterocycles. The fourth-order valence-electron chi connectivity index (χ4n) is 5.36. The number of ether oxygens (including phenoxy) is 2. The van der Waals surface area contributed by atoms with E-state index in [1.165, 1.54) is 0 Å². The lowest BCUT2D eigenvalue weighted by atomic mass is 10.1. The zero-order valence-corrected chi connectivity index (χ0v) is 30.9. The Kier molecular flexibility index (Phi) is 12.1. The molecule has 0 fully saturated rings. The molecule has 0 aliphatic carbocycles. The number of aromatic nitrogens is 2. The summed E-state index contributed by atoms with van der Waals surface area (Å²) in [5.74, 6) is -0.850. The van der Waals surface area contributed by atoms with Gasteiger partial charge < -0.3 is 14.5 Å². The highest BCUT2D eigenvalue weighted by Gasteiger charge is 2.27. The number of aryl methyl sites for hydroxylation is 1. The zero-order chi connectivity index (χ0) is 37.5. The number of hydrogen-bond acceptors (Lipinski definition) is 6. The fraction of sp³-hybridized carbons (Fsp3) is 0.238. The molecule has 6 aromatic rings. The molecule has 0 radical (unpaired) electrons. The molecule has 51 heavy (non-hydrogen) atoms. The second kappa shape index (κ2) is 16.0. The van der Waals surface area contributed by atoms with Gasteiger partial charge in [0.05, 0.1) is 16.6 Å². The minimum absolute atomic E-state index is 0.163. The molecule has 0 unspecified atom stereocenters. The molecule has 9 heteroatoms. The van der Waals surface area contributed by atoms with Gasteiger partial charge in [-0.25, -0.2) is 9.59 Å². The fourth-order valence-corrected chi connectivity index (χ4v) is 5.49. The number of H-pyrrole nitrogens is 1. The summed E-state index contributed by atoms with van der Waals surface area (Å²) < 4.78 is 12.5. The Hall–Kier alpha value is -5.47. The van der Waals surface area contributed by atoms with Crippen LogP contribution < -0.4 is 0 Å². The Labute approximate surface area is 303 Å². The lowest BCUT2D eigenvalue weighted by Crippen LogP contribution is -2.24. The second-order valence-corrected chi connectivity index (χ2v) is 14.1. The molecule has 0 aliphatic heterocycles. The van der Waals surface area contributed by atoms with Gasteiger partial charge in [-0.05, 0) is 91.3 Å². The summed E-state index contributed by atoms with van der Waals surface area (Å²) in [4.78, 5) is 51.5. The number of hydrogen-bond donors (Lipinski definition) is 1. The Morgan fingerprint density at radius 2 is 1.04 bits per heavy atom. The number of halogens is 1. The van der Waals surface area contributed by atoms with E-state index in [1.54, 1.807) is 47.9 Å². The van der Waals surface area contributed by atoms with Gasteiger partial charge in [0.15, 0.2) is 0 Å². The number of aromatic amines is 1. The molecule has 0 atom stereocenters. The summed E-state index contributed by atoms with van der Waals surface area (Å²) in [5, 5.41) is 1.23. The maximum absolute atomic E-state index is 13.0. The average Bonchev–Trinajstić information content (AvgIpc) is 3.56. The van der Waals surface area contributed by atoms with Crippen LogP contribution >= 0.6 is 11.6 Å². The first-order valence-corrected chi connectivity index (χ1v) is 16.8. The van der Waals surface area contributed by atoms with Crippen molar-refractivity contribution < 1.29 is 28.7 Å². The number of carbonyl (C=O) groups excluding carboxylic acids is 4. The molecule has 264 valence electrons. The summed E-state index contributed by atoms with van der Waals surface area (Å²) in [6.45, 7) is 14.8. The Bertz CT molecular complexity index is 2170. The van der Waals surface area contributed by atoms with Crippen molar-refractivity contribution >= 4 is 56.5 Å². The van der Waals surface area contributed by atoms with Crippen LogP contribution in [0.2, 0.25) is 0 Å². The van der Waals surface area contributed by atoms with Crippen LogP contribution in [0.4, 0.5) is 0 Å². The van der Waals surface area contributed by atoms with E-state index in [1.807, 2.05) is 121 Å². The molecular weight excluding hydrogens is 664 g/mol. The smallest absolute Gasteiger partial charge is 0.341 e. The number of fused-ring (bicyclic) bond motifs is 2. The van der Waals surface area contributed by atoms with Crippen LogP contribution in [0.25, 0.3) is 21.8 Å². The highest BCUT2D eigenvalue weighted by Crippen LogP contribution is 2.29. The second-order valence-electron chi connectivity index (χ2n) is 13.8. The summed E-state index contributed by atoms with van der Waals surface area (Å²) >= 11 is 5.16. The van der Waals surface area contributed by atoms with Crippen LogP contribution in [-0.2, 0) is 9.47 Å². The van der Waals surface area contributed by atoms with E-state index in [0.717, 1.165) is 22.0 Å². The zero-order valence-electron chi connectivity index (χ0n) is 30.2. The van der Waals surface area contributed by atoms with Gasteiger partial charge in [0.25, 0.3) is 11.1 Å². The Balaban J connectivity index is 0.000000192. The van der Waals surface area contributed by atoms with Gasteiger partial charge >= 0.3 is 11.9 Å². The Morgan fingerprint density at radius 3 is 1.55 bits per heavy atom. The highest BCUT2D eigenvalue weighted by atomic mass is 35.5. The van der Waals surface area contributed by atoms with E-state index < -0.39 is 22.4 Å². The molecule has 6 rings (SSSR count). The summed E-state index contributed by atoms with van der Waals surface area (Å²) in [7, 11) is 0. The van der Waals surface area contributed by atoms with Crippen LogP contribution in [0, 0.1) is 13.8 Å². The van der Waals surface area contributed by atoms with Crippen molar-refractivity contribution in [1.29, 1.82) is 0 Å². The van der Waals surface area contributed by atoms with Crippen molar-refractivity contribution in [3.8, 4) is 0 Å². The van der Waals surface area contributed by atoms with Crippen LogP contribution in [-0.4, -0.2) is 43.8 Å². The number of benzene rings is 4. The third kappa shape index (κ3) is 9.83. The first kappa shape index (κ1) is 38.3. The molecule has 0 spiro atoms. The van der Waals surface area contributed by atoms with Crippen molar-refractivity contribution in [3.05, 3.63) is 143 Å². The van der Waals surface area contributed by atoms with Crippen molar-refractivity contribution in [3.63, 3.8) is 0 Å². The van der Waals surface area contributed by atoms with Crippen LogP contribution in [0.5, 0.6) is 0 Å². The standard InChI is InChI=1S/C21H21NO3.C14H17NO2.C7H5ClO/c1-14-18(20(24)25-21(2,3)4)16-12-8-9-13-17(16)22(14)19(23)15-10-6-5-7-11-15;1-9-12(13(16)17-14(2,3)4)10-7-5-6-8-11(10)15-9;8-7(9)6-4-2-1-3-5-6/h5-13H,1-4H3;5-8,15H,1-4H3;1-5H. The maximum Gasteiger partial charge on any atom is 0.341 e. The summed E-state index contributed by atoms with van der Waals surface area (Å²) in [5.41, 5.74) is 4.22. The molecule has 0 amide bonds. The number of para-hydroxylation sites is 2. The van der Waals surface area contributed by atoms with Gasteiger partial charge in [0.2, 0.25) is 0 Å². The van der Waals surface area contributed by atoms with Crippen molar-refractivity contribution in [2.75, 3.05) is 0 Å². The number of carbonyl (C=O) groups is 4. The predicted octanol–water partition coefficient (Wildman–Crippen LogP) is 10.1. The lowest BCUT2D eigenvalue weighted by Gasteiger charge is -2.19. The van der Waals surface area contributed by atoms with Gasteiger partial charge in [0.1, 0.15) is 11.2 Å². The van der Waals surface area contributed by atoms with E-state index in [4.69, 9.17) is 21.1 Å². The molecular formula is C42H43ClN2O6. The van der Waals surface area contributed by atoms with Crippen LogP contribution in [0.3, 0.4) is 0 Å². The van der Waals surface area contributed by atoms with Crippen LogP contribution in [0.1, 0.15) is 94.4 Å². The van der Waals surface area contributed by atoms with Gasteiger partial charge in [-0.2, -0.15) is 0 Å². The predicted molar refractivity (Wildman–Crippen MR) is 203 cm³/mol. The van der Waals surface area contributed by atoms with E-state index >= 15 is 0 Å². The van der Waals surface area contributed by atoms with E-state index in [0.29, 0.717) is 33.5 Å². The maximum atomic E-state index is 13.0. The molecule has 1 N–H and O–H groups in total. The SMILES string of the molecule is Cc1[nH]c2ccccc2c1C(=O)OC(C)(C)C.Cc1c(C(=O)OC(C)(C)C)c2ccccc2n1C(=O)c1ccccc1.O=C(Cl)c1ccccc1. The topological polar surface area (TPSA) is 107 Å². The third-order valence-electron chi connectivity index (χ3n) is 7.44. The minimum Gasteiger partial charge on any atom is -0.456 e. The minimum atomic E-state index is -0.601. The lowest BCUT2D eigenvalue weighted by molar-refractivity contribution is 0.00581. The molecule has 0 aliphatic rings. The van der Waals surface area contributed by atoms with Crippen molar-refractivity contribution in [2.24, 2.45) is 0 Å². The van der Waals surface area contributed by atoms with Gasteiger partial charge in [-0.1, -0.05) is 84.9 Å². The first-order chi connectivity index (χ1) is 24.0. The number of esters is 2. The molecule has 0 bridgehead atoms. The van der Waals surface area contributed by atoms with Gasteiger partial charge in [-0.15, -0.1) is 0 Å². The van der Waals surface area contributed by atoms with Crippen LogP contribution in [0.15, 0.2) is 109 Å². The summed E-state index contributed by atoms with van der Waals surface area (Å²) in [6.07, 6.45) is 0. The van der Waals surface area contributed by atoms with Crippen molar-refractivity contribution in [1.82, 2.24) is 9.55 Å². The van der Waals surface area contributed by atoms with E-state index in [-0.39, 0.29) is 11.9 Å². The normalized spacial score (nSPS) is 11.2. The van der Waals surface area contributed by atoms with Gasteiger partial charge in [0, 0.05) is 38.8 Å². The largest absolute Gasteiger partial charge is 0.456 e. The molecule has 2 heterocycles.